The molecular formula is C12H9NS. The van der Waals surface area contributed by atoms with Gasteiger partial charge in [0.2, 0.25) is 0 Å². The van der Waals surface area contributed by atoms with Crippen LogP contribution in [0, 0.1) is 6.92 Å². The smallest absolute Gasteiger partial charge is 0.0538 e. The molecule has 2 heterocycles. The van der Waals surface area contributed by atoms with E-state index in [9.17, 15) is 0 Å². The third kappa shape index (κ3) is 0.976. The summed E-state index contributed by atoms with van der Waals surface area (Å²) in [5.74, 6) is 0. The average Bonchev–Trinajstić information content (AvgIpc) is 2.59. The van der Waals surface area contributed by atoms with Crippen LogP contribution in [0.25, 0.3) is 20.2 Å². The summed E-state index contributed by atoms with van der Waals surface area (Å²) in [5.41, 5.74) is 1.35. The first kappa shape index (κ1) is 7.94. The second-order valence-corrected chi connectivity index (χ2v) is 4.48. The maximum absolute atomic E-state index is 4.15. The van der Waals surface area contributed by atoms with E-state index in [1.54, 1.807) is 0 Å². The molecule has 0 saturated carbocycles. The maximum Gasteiger partial charge on any atom is 0.0538 e. The van der Waals surface area contributed by atoms with Crippen LogP contribution in [-0.4, -0.2) is 4.98 Å². The maximum atomic E-state index is 4.15. The molecule has 0 saturated heterocycles. The molecule has 0 atom stereocenters. The molecule has 3 rings (SSSR count). The molecule has 2 aromatic heterocycles. The summed E-state index contributed by atoms with van der Waals surface area (Å²) in [6, 6.07) is 8.55. The number of aromatic nitrogens is 1. The van der Waals surface area contributed by atoms with E-state index in [1.165, 1.54) is 25.7 Å². The normalized spacial score (nSPS) is 11.2. The van der Waals surface area contributed by atoms with Gasteiger partial charge in [0.15, 0.2) is 0 Å². The van der Waals surface area contributed by atoms with Crippen LogP contribution in [0.15, 0.2) is 36.7 Å². The van der Waals surface area contributed by atoms with Crippen molar-refractivity contribution in [3.05, 3.63) is 42.2 Å². The molecule has 0 radical (unpaired) electrons. The molecule has 0 unspecified atom stereocenters. The van der Waals surface area contributed by atoms with Crippen molar-refractivity contribution in [2.75, 3.05) is 0 Å². The van der Waals surface area contributed by atoms with E-state index in [2.05, 4.69) is 36.2 Å². The Labute approximate surface area is 86.0 Å². The van der Waals surface area contributed by atoms with Gasteiger partial charge in [0.25, 0.3) is 0 Å². The van der Waals surface area contributed by atoms with Crippen LogP contribution >= 0.6 is 11.3 Å². The molecule has 1 aromatic carbocycles. The zero-order valence-electron chi connectivity index (χ0n) is 7.82. The first-order valence-corrected chi connectivity index (χ1v) is 5.40. The van der Waals surface area contributed by atoms with Gasteiger partial charge in [0.05, 0.1) is 4.70 Å². The summed E-state index contributed by atoms with van der Waals surface area (Å²) in [6.45, 7) is 2.16. The van der Waals surface area contributed by atoms with Crippen molar-refractivity contribution in [3.8, 4) is 0 Å². The summed E-state index contributed by atoms with van der Waals surface area (Å²) >= 11 is 1.83. The molecule has 14 heavy (non-hydrogen) atoms. The topological polar surface area (TPSA) is 12.9 Å². The second kappa shape index (κ2) is 2.79. The molecule has 0 fully saturated rings. The lowest BCUT2D eigenvalue weighted by molar-refractivity contribution is 1.37. The van der Waals surface area contributed by atoms with E-state index in [1.807, 2.05) is 23.7 Å². The van der Waals surface area contributed by atoms with E-state index < -0.39 is 0 Å². The molecule has 3 aromatic rings. The highest BCUT2D eigenvalue weighted by Gasteiger charge is 2.05. The Bertz CT molecular complexity index is 610. The lowest BCUT2D eigenvalue weighted by Gasteiger charge is -1.93. The summed E-state index contributed by atoms with van der Waals surface area (Å²) in [4.78, 5) is 4.15. The molecule has 0 aliphatic heterocycles. The van der Waals surface area contributed by atoms with Gasteiger partial charge in [-0.15, -0.1) is 11.3 Å². The summed E-state index contributed by atoms with van der Waals surface area (Å²) in [7, 11) is 0. The van der Waals surface area contributed by atoms with Gasteiger partial charge in [-0.05, 0) is 18.6 Å². The van der Waals surface area contributed by atoms with Crippen molar-refractivity contribution in [2.45, 2.75) is 6.92 Å². The fraction of sp³-hybridized carbons (Fsp3) is 0.0833. The molecular weight excluding hydrogens is 190 g/mol. The summed E-state index contributed by atoms with van der Waals surface area (Å²) < 4.78 is 2.66. The molecule has 68 valence electrons. The molecule has 0 bridgehead atoms. The van der Waals surface area contributed by atoms with E-state index >= 15 is 0 Å². The Kier molecular flexibility index (Phi) is 1.58. The van der Waals surface area contributed by atoms with Crippen molar-refractivity contribution in [1.29, 1.82) is 0 Å². The largest absolute Gasteiger partial charge is 0.263 e. The van der Waals surface area contributed by atoms with Gasteiger partial charge in [-0.1, -0.05) is 18.2 Å². The average molecular weight is 199 g/mol. The highest BCUT2D eigenvalue weighted by molar-refractivity contribution is 7.26. The Morgan fingerprint density at radius 1 is 1.14 bits per heavy atom. The zero-order valence-corrected chi connectivity index (χ0v) is 8.64. The van der Waals surface area contributed by atoms with Crippen molar-refractivity contribution in [3.63, 3.8) is 0 Å². The molecule has 0 amide bonds. The highest BCUT2D eigenvalue weighted by atomic mass is 32.1. The predicted molar refractivity (Wildman–Crippen MR) is 61.9 cm³/mol. The van der Waals surface area contributed by atoms with Crippen LogP contribution in [0.5, 0.6) is 0 Å². The van der Waals surface area contributed by atoms with E-state index in [0.29, 0.717) is 0 Å². The number of pyridine rings is 1. The van der Waals surface area contributed by atoms with Crippen LogP contribution in [0.2, 0.25) is 0 Å². The Balaban J connectivity index is 2.63. The third-order valence-electron chi connectivity index (χ3n) is 2.50. The van der Waals surface area contributed by atoms with E-state index in [0.717, 1.165) is 0 Å². The Morgan fingerprint density at radius 2 is 2.07 bits per heavy atom. The van der Waals surface area contributed by atoms with E-state index in [-0.39, 0.29) is 0 Å². The van der Waals surface area contributed by atoms with Crippen molar-refractivity contribution < 1.29 is 0 Å². The van der Waals surface area contributed by atoms with Gasteiger partial charge in [0, 0.05) is 27.9 Å². The number of hydrogen-bond donors (Lipinski definition) is 0. The second-order valence-electron chi connectivity index (χ2n) is 3.43. The van der Waals surface area contributed by atoms with Crippen LogP contribution < -0.4 is 0 Å². The SMILES string of the molecule is Cc1cccc2c1sc1cnccc12. The fourth-order valence-electron chi connectivity index (χ4n) is 1.79. The van der Waals surface area contributed by atoms with Crippen LogP contribution in [0.1, 0.15) is 5.56 Å². The quantitative estimate of drug-likeness (QED) is 0.537. The molecule has 1 nitrogen and oxygen atoms in total. The highest BCUT2D eigenvalue weighted by Crippen LogP contribution is 2.34. The van der Waals surface area contributed by atoms with Crippen molar-refractivity contribution in [1.82, 2.24) is 4.98 Å². The van der Waals surface area contributed by atoms with Crippen molar-refractivity contribution in [2.24, 2.45) is 0 Å². The van der Waals surface area contributed by atoms with Gasteiger partial charge in [-0.2, -0.15) is 0 Å². The molecule has 2 heteroatoms. The van der Waals surface area contributed by atoms with Gasteiger partial charge in [-0.3, -0.25) is 4.98 Å². The summed E-state index contributed by atoms with van der Waals surface area (Å²) in [5, 5.41) is 2.68. The Morgan fingerprint density at radius 3 is 3.00 bits per heavy atom. The van der Waals surface area contributed by atoms with Crippen LogP contribution in [0.4, 0.5) is 0 Å². The van der Waals surface area contributed by atoms with E-state index in [4.69, 9.17) is 0 Å². The van der Waals surface area contributed by atoms with Gasteiger partial charge in [-0.25, -0.2) is 0 Å². The molecule has 0 spiro atoms. The monoisotopic (exact) mass is 199 g/mol. The van der Waals surface area contributed by atoms with Gasteiger partial charge < -0.3 is 0 Å². The summed E-state index contributed by atoms with van der Waals surface area (Å²) in [6.07, 6.45) is 3.80. The lowest BCUT2D eigenvalue weighted by Crippen LogP contribution is -1.70. The van der Waals surface area contributed by atoms with Crippen LogP contribution in [-0.2, 0) is 0 Å². The molecule has 0 aliphatic carbocycles. The van der Waals surface area contributed by atoms with Gasteiger partial charge in [0.1, 0.15) is 0 Å². The standard InChI is InChI=1S/C12H9NS/c1-8-3-2-4-10-9-5-6-13-7-11(9)14-12(8)10/h2-7H,1H3. The minimum atomic E-state index is 1.27. The first-order chi connectivity index (χ1) is 6.86. The number of benzene rings is 1. The zero-order chi connectivity index (χ0) is 9.54. The number of aryl methyl sites for hydroxylation is 1. The molecule has 0 N–H and O–H groups in total. The number of fused-ring (bicyclic) bond motifs is 3. The fourth-order valence-corrected chi connectivity index (χ4v) is 2.93. The molecule has 0 aliphatic rings. The first-order valence-electron chi connectivity index (χ1n) is 4.58. The minimum Gasteiger partial charge on any atom is -0.263 e. The number of rotatable bonds is 0. The Hall–Kier alpha value is -1.41. The third-order valence-corrected chi connectivity index (χ3v) is 3.79. The number of hydrogen-bond acceptors (Lipinski definition) is 2. The number of nitrogens with zero attached hydrogens (tertiary/aromatic N) is 1. The van der Waals surface area contributed by atoms with Crippen molar-refractivity contribution >= 4 is 31.5 Å². The van der Waals surface area contributed by atoms with Crippen LogP contribution in [0.3, 0.4) is 0 Å². The number of thiophene rings is 1. The lowest BCUT2D eigenvalue weighted by atomic mass is 10.1. The van der Waals surface area contributed by atoms with Gasteiger partial charge >= 0.3 is 0 Å². The predicted octanol–water partition coefficient (Wildman–Crippen LogP) is 3.76. The minimum absolute atomic E-state index is 1.27.